The molecule has 0 aliphatic carbocycles. The van der Waals surface area contributed by atoms with E-state index in [1.807, 2.05) is 0 Å². The van der Waals surface area contributed by atoms with Gasteiger partial charge in [-0.3, -0.25) is 14.6 Å². The minimum atomic E-state index is -1.07. The number of carbonyl (C=O) groups is 4. The predicted octanol–water partition coefficient (Wildman–Crippen LogP) is 5.32. The number of nitrogens with zero attached hydrogens (tertiary/aromatic N) is 1. The fourth-order valence-electron chi connectivity index (χ4n) is 4.10. The smallest absolute Gasteiger partial charge is 0.328 e. The lowest BCUT2D eigenvalue weighted by Gasteiger charge is -2.15. The number of aromatic amines is 1. The van der Waals surface area contributed by atoms with E-state index in [2.05, 4.69) is 30.7 Å². The van der Waals surface area contributed by atoms with Gasteiger partial charge in [0.15, 0.2) is 0 Å². The fourth-order valence-corrected chi connectivity index (χ4v) is 4.10. The lowest BCUT2D eigenvalue weighted by molar-refractivity contribution is -0.144. The van der Waals surface area contributed by atoms with Gasteiger partial charge in [-0.15, -0.1) is 0 Å². The summed E-state index contributed by atoms with van der Waals surface area (Å²) in [6.07, 6.45) is 2.76. The Kier molecular flexibility index (Phi) is 10.4. The van der Waals surface area contributed by atoms with E-state index in [-0.39, 0.29) is 35.5 Å². The molecule has 0 aliphatic heterocycles. The summed E-state index contributed by atoms with van der Waals surface area (Å²) in [6, 6.07) is 10.7. The third-order valence-corrected chi connectivity index (χ3v) is 6.40. The summed E-state index contributed by atoms with van der Waals surface area (Å²) in [5, 5.41) is 7.22. The highest BCUT2D eigenvalue weighted by molar-refractivity contribution is 6.00. The Hall–Kier alpha value is -5.79. The minimum absolute atomic E-state index is 0.0124. The Morgan fingerprint density at radius 1 is 0.889 bits per heavy atom. The first-order valence-corrected chi connectivity index (χ1v) is 13.5. The van der Waals surface area contributed by atoms with Crippen LogP contribution in [0.4, 0.5) is 25.0 Å². The average molecular weight is 622 g/mol. The van der Waals surface area contributed by atoms with Crippen LogP contribution >= 0.6 is 0 Å². The topological polar surface area (TPSA) is 161 Å². The fraction of sp³-hybridized carbons (Fsp3) is 0.194. The molecule has 0 fully saturated rings. The number of ether oxygens (including phenoxy) is 3. The molecule has 12 nitrogen and oxygen atoms in total. The van der Waals surface area contributed by atoms with Crippen LogP contribution in [0.1, 0.15) is 28.8 Å². The van der Waals surface area contributed by atoms with Crippen molar-refractivity contribution >= 4 is 35.3 Å². The summed E-state index contributed by atoms with van der Waals surface area (Å²) in [7, 11) is 2.39. The second-order valence-electron chi connectivity index (χ2n) is 9.65. The predicted molar refractivity (Wildman–Crippen MR) is 159 cm³/mol. The van der Waals surface area contributed by atoms with Crippen LogP contribution in [0.25, 0.3) is 11.4 Å². The number of nitrogens with one attached hydrogen (secondary N) is 4. The van der Waals surface area contributed by atoms with Crippen LogP contribution in [-0.4, -0.2) is 54.1 Å². The standard InChI is InChI=1S/C31H29F2N5O7/c1-17-4-6-21(32)25(12-17)38-31(42)37-23-7-5-19(14-22(23)33)45-20-10-11-34-27(15-20)26-13-18(16-35-26)29(40)36-24(30(41)44-3)8-9-28(39)43-2/h4-7,10-16,24,35H,8-9H2,1-3H3,(H,36,40)(H2,37,38,42)/t24-/m0/s1. The molecule has 2 aromatic carbocycles. The summed E-state index contributed by atoms with van der Waals surface area (Å²) >= 11 is 0. The maximum Gasteiger partial charge on any atom is 0.328 e. The van der Waals surface area contributed by atoms with Crippen molar-refractivity contribution in [3.05, 3.63) is 89.8 Å². The monoisotopic (exact) mass is 621 g/mol. The van der Waals surface area contributed by atoms with E-state index in [1.165, 1.54) is 63.0 Å². The number of benzene rings is 2. The molecule has 0 spiro atoms. The average Bonchev–Trinajstić information content (AvgIpc) is 3.53. The van der Waals surface area contributed by atoms with E-state index in [4.69, 9.17) is 9.47 Å². The number of carbonyl (C=O) groups excluding carboxylic acids is 4. The lowest BCUT2D eigenvalue weighted by atomic mass is 10.1. The second kappa shape index (κ2) is 14.6. The minimum Gasteiger partial charge on any atom is -0.469 e. The number of esters is 2. The molecule has 4 aromatic rings. The zero-order valence-corrected chi connectivity index (χ0v) is 24.4. The Labute approximate surface area is 256 Å². The zero-order valence-electron chi connectivity index (χ0n) is 24.4. The molecule has 4 rings (SSSR count). The number of rotatable bonds is 11. The summed E-state index contributed by atoms with van der Waals surface area (Å²) in [5.74, 6) is -2.85. The summed E-state index contributed by atoms with van der Waals surface area (Å²) in [6.45, 7) is 1.74. The molecule has 4 N–H and O–H groups in total. The van der Waals surface area contributed by atoms with E-state index in [1.54, 1.807) is 19.1 Å². The third-order valence-electron chi connectivity index (χ3n) is 6.40. The van der Waals surface area contributed by atoms with Gasteiger partial charge >= 0.3 is 18.0 Å². The lowest BCUT2D eigenvalue weighted by Crippen LogP contribution is -2.41. The van der Waals surface area contributed by atoms with E-state index in [0.29, 0.717) is 17.1 Å². The van der Waals surface area contributed by atoms with Crippen molar-refractivity contribution in [2.24, 2.45) is 0 Å². The number of aryl methyl sites for hydroxylation is 1. The van der Waals surface area contributed by atoms with E-state index in [9.17, 15) is 28.0 Å². The molecule has 0 bridgehead atoms. The highest BCUT2D eigenvalue weighted by Crippen LogP contribution is 2.28. The number of hydrogen-bond donors (Lipinski definition) is 4. The molecule has 14 heteroatoms. The molecule has 1 atom stereocenters. The number of anilines is 2. The molecule has 0 radical (unpaired) electrons. The second-order valence-corrected chi connectivity index (χ2v) is 9.65. The molecule has 0 aliphatic rings. The Morgan fingerprint density at radius 2 is 1.64 bits per heavy atom. The first-order chi connectivity index (χ1) is 21.6. The molecule has 234 valence electrons. The van der Waals surface area contributed by atoms with Crippen LogP contribution in [-0.2, 0) is 19.1 Å². The van der Waals surface area contributed by atoms with Gasteiger partial charge in [-0.1, -0.05) is 6.07 Å². The van der Waals surface area contributed by atoms with E-state index in [0.717, 1.165) is 11.6 Å². The Bertz CT molecular complexity index is 1730. The van der Waals surface area contributed by atoms with Gasteiger partial charge in [0, 0.05) is 30.9 Å². The summed E-state index contributed by atoms with van der Waals surface area (Å²) < 4.78 is 43.8. The van der Waals surface area contributed by atoms with Crippen LogP contribution in [0.3, 0.4) is 0 Å². The van der Waals surface area contributed by atoms with Crippen molar-refractivity contribution in [3.8, 4) is 22.9 Å². The van der Waals surface area contributed by atoms with Crippen LogP contribution in [0.5, 0.6) is 11.5 Å². The van der Waals surface area contributed by atoms with E-state index < -0.39 is 41.6 Å². The van der Waals surface area contributed by atoms with Crippen molar-refractivity contribution < 1.29 is 42.2 Å². The van der Waals surface area contributed by atoms with Crippen LogP contribution in [0, 0.1) is 18.6 Å². The van der Waals surface area contributed by atoms with Crippen molar-refractivity contribution in [2.75, 3.05) is 24.9 Å². The molecule has 0 saturated carbocycles. The molecule has 2 heterocycles. The number of urea groups is 1. The van der Waals surface area contributed by atoms with Gasteiger partial charge in [-0.05, 0) is 55.3 Å². The summed E-state index contributed by atoms with van der Waals surface area (Å²) in [5.41, 5.74) is 1.55. The number of H-pyrrole nitrogens is 1. The zero-order chi connectivity index (χ0) is 32.5. The van der Waals surface area contributed by atoms with Crippen LogP contribution in [0.15, 0.2) is 67.0 Å². The molecule has 0 unspecified atom stereocenters. The molecule has 0 saturated heterocycles. The number of amides is 3. The SMILES string of the molecule is COC(=O)CC[C@H](NC(=O)c1c[nH]c(-c2cc(Oc3ccc(NC(=O)Nc4cc(C)ccc4F)c(F)c3)ccn2)c1)C(=O)OC. The number of hydrogen-bond acceptors (Lipinski definition) is 8. The largest absolute Gasteiger partial charge is 0.469 e. The van der Waals surface area contributed by atoms with Gasteiger partial charge in [0.05, 0.1) is 42.5 Å². The van der Waals surface area contributed by atoms with Crippen molar-refractivity contribution in [1.29, 1.82) is 0 Å². The number of aromatic nitrogens is 2. The molecular weight excluding hydrogens is 592 g/mol. The normalized spacial score (nSPS) is 11.2. The molecular formula is C31H29F2N5O7. The van der Waals surface area contributed by atoms with Gasteiger partial charge < -0.3 is 35.1 Å². The molecule has 2 aromatic heterocycles. The number of halogens is 2. The highest BCUT2D eigenvalue weighted by Gasteiger charge is 2.24. The Morgan fingerprint density at radius 3 is 2.38 bits per heavy atom. The molecule has 3 amide bonds. The van der Waals surface area contributed by atoms with Gasteiger partial charge in [0.25, 0.3) is 5.91 Å². The maximum atomic E-state index is 14.8. The first-order valence-electron chi connectivity index (χ1n) is 13.5. The van der Waals surface area contributed by atoms with Gasteiger partial charge in [0.2, 0.25) is 0 Å². The Balaban J connectivity index is 1.40. The maximum absolute atomic E-state index is 14.8. The number of pyridine rings is 1. The van der Waals surface area contributed by atoms with Gasteiger partial charge in [0.1, 0.15) is 29.2 Å². The van der Waals surface area contributed by atoms with Crippen LogP contribution in [0.2, 0.25) is 0 Å². The van der Waals surface area contributed by atoms with Gasteiger partial charge in [-0.2, -0.15) is 0 Å². The summed E-state index contributed by atoms with van der Waals surface area (Å²) in [4.78, 5) is 55.9. The van der Waals surface area contributed by atoms with Crippen molar-refractivity contribution in [1.82, 2.24) is 15.3 Å². The first kappa shape index (κ1) is 32.1. The quantitative estimate of drug-likeness (QED) is 0.164. The van der Waals surface area contributed by atoms with E-state index >= 15 is 0 Å². The van der Waals surface area contributed by atoms with Crippen molar-refractivity contribution in [2.45, 2.75) is 25.8 Å². The van der Waals surface area contributed by atoms with Crippen LogP contribution < -0.4 is 20.7 Å². The third kappa shape index (κ3) is 8.63. The highest BCUT2D eigenvalue weighted by atomic mass is 19.1. The number of methoxy groups -OCH3 is 2. The van der Waals surface area contributed by atoms with Crippen molar-refractivity contribution in [3.63, 3.8) is 0 Å². The molecule has 45 heavy (non-hydrogen) atoms. The van der Waals surface area contributed by atoms with Gasteiger partial charge in [-0.25, -0.2) is 18.4 Å².